The molecule has 188 valence electrons. The number of carboxylic acid groups (broad SMARTS) is 1. The average molecular weight is 489 g/mol. The second-order valence-corrected chi connectivity index (χ2v) is 8.91. The molecular formula is C29H32N2O5. The summed E-state index contributed by atoms with van der Waals surface area (Å²) in [5, 5.41) is 9.98. The lowest BCUT2D eigenvalue weighted by molar-refractivity contribution is -0.149. The quantitative estimate of drug-likeness (QED) is 0.298. The summed E-state index contributed by atoms with van der Waals surface area (Å²) in [5.41, 5.74) is 3.27. The number of fused-ring (bicyclic) bond motifs is 1. The predicted octanol–water partition coefficient (Wildman–Crippen LogP) is 5.53. The van der Waals surface area contributed by atoms with E-state index in [2.05, 4.69) is 11.9 Å². The minimum absolute atomic E-state index is 0.272. The van der Waals surface area contributed by atoms with E-state index in [1.807, 2.05) is 55.5 Å². The monoisotopic (exact) mass is 488 g/mol. The normalized spacial score (nSPS) is 15.2. The van der Waals surface area contributed by atoms with Gasteiger partial charge in [0.25, 0.3) is 0 Å². The number of amides is 1. The number of unbranched alkanes of at least 4 members (excludes halogenated alkanes) is 2. The van der Waals surface area contributed by atoms with Gasteiger partial charge in [0.2, 0.25) is 11.8 Å². The van der Waals surface area contributed by atoms with Crippen LogP contribution in [0.15, 0.2) is 65.1 Å². The molecule has 36 heavy (non-hydrogen) atoms. The number of aromatic nitrogens is 1. The third-order valence-electron chi connectivity index (χ3n) is 6.37. The van der Waals surface area contributed by atoms with Crippen LogP contribution in [-0.4, -0.2) is 40.0 Å². The number of carbonyl (C=O) groups is 2. The van der Waals surface area contributed by atoms with Gasteiger partial charge in [-0.2, -0.15) is 0 Å². The Labute approximate surface area is 211 Å². The summed E-state index contributed by atoms with van der Waals surface area (Å²) in [7, 11) is 0. The number of allylic oxidation sites excluding steroid dienone is 1. The van der Waals surface area contributed by atoms with Crippen molar-refractivity contribution in [2.75, 3.05) is 13.2 Å². The van der Waals surface area contributed by atoms with Crippen molar-refractivity contribution >= 4 is 11.9 Å². The van der Waals surface area contributed by atoms with Crippen LogP contribution in [0.4, 0.5) is 0 Å². The van der Waals surface area contributed by atoms with Crippen LogP contribution in [0.3, 0.4) is 0 Å². The molecule has 0 spiro atoms. The second-order valence-electron chi connectivity index (χ2n) is 8.91. The van der Waals surface area contributed by atoms with Crippen molar-refractivity contribution in [1.82, 2.24) is 9.88 Å². The molecule has 2 heterocycles. The molecule has 2 aromatic carbocycles. The van der Waals surface area contributed by atoms with E-state index in [1.165, 1.54) is 11.0 Å². The fourth-order valence-electron chi connectivity index (χ4n) is 4.42. The molecule has 0 fully saturated rings. The number of rotatable bonds is 10. The molecule has 0 saturated heterocycles. The van der Waals surface area contributed by atoms with Crippen LogP contribution in [-0.2, 0) is 22.4 Å². The van der Waals surface area contributed by atoms with Crippen molar-refractivity contribution in [1.29, 1.82) is 0 Å². The Morgan fingerprint density at radius 1 is 1.22 bits per heavy atom. The van der Waals surface area contributed by atoms with Gasteiger partial charge in [0.05, 0.1) is 12.3 Å². The van der Waals surface area contributed by atoms with Gasteiger partial charge >= 0.3 is 5.97 Å². The Hall–Kier alpha value is -3.87. The molecule has 1 amide bonds. The molecule has 4 rings (SSSR count). The largest absolute Gasteiger partial charge is 0.493 e. The first-order valence-corrected chi connectivity index (χ1v) is 12.4. The van der Waals surface area contributed by atoms with E-state index in [1.54, 1.807) is 6.07 Å². The number of aliphatic carboxylic acids is 1. The molecule has 1 unspecified atom stereocenters. The van der Waals surface area contributed by atoms with E-state index in [0.717, 1.165) is 41.8 Å². The Morgan fingerprint density at radius 2 is 2.03 bits per heavy atom. The van der Waals surface area contributed by atoms with Crippen molar-refractivity contribution in [3.63, 3.8) is 0 Å². The van der Waals surface area contributed by atoms with E-state index in [0.29, 0.717) is 43.2 Å². The zero-order valence-electron chi connectivity index (χ0n) is 20.8. The minimum Gasteiger partial charge on any atom is -0.493 e. The molecule has 1 atom stereocenters. The summed E-state index contributed by atoms with van der Waals surface area (Å²) in [6, 6.07) is 14.2. The van der Waals surface area contributed by atoms with Gasteiger partial charge in [0.15, 0.2) is 6.04 Å². The maximum atomic E-state index is 12.8. The lowest BCUT2D eigenvalue weighted by Gasteiger charge is -2.34. The number of nitrogens with zero attached hydrogens (tertiary/aromatic N) is 2. The summed E-state index contributed by atoms with van der Waals surface area (Å²) in [5.74, 6) is 0.572. The van der Waals surface area contributed by atoms with Gasteiger partial charge in [-0.05, 0) is 61.2 Å². The molecule has 0 bridgehead atoms. The number of carboxylic acids is 1. The van der Waals surface area contributed by atoms with Crippen LogP contribution < -0.4 is 4.74 Å². The average Bonchev–Trinajstić information content (AvgIpc) is 3.26. The van der Waals surface area contributed by atoms with Crippen molar-refractivity contribution in [2.24, 2.45) is 0 Å². The minimum atomic E-state index is -1.05. The molecule has 0 aliphatic carbocycles. The molecule has 1 aliphatic heterocycles. The summed E-state index contributed by atoms with van der Waals surface area (Å²) < 4.78 is 11.8. The zero-order chi connectivity index (χ0) is 25.5. The number of oxazole rings is 1. The molecule has 0 saturated carbocycles. The first-order chi connectivity index (χ1) is 17.5. The second kappa shape index (κ2) is 11.7. The number of hydrogen-bond acceptors (Lipinski definition) is 5. The number of hydrogen-bond donors (Lipinski definition) is 1. The molecule has 7 nitrogen and oxygen atoms in total. The van der Waals surface area contributed by atoms with Gasteiger partial charge in [0.1, 0.15) is 11.5 Å². The van der Waals surface area contributed by atoms with Gasteiger partial charge in [-0.25, -0.2) is 9.78 Å². The van der Waals surface area contributed by atoms with Gasteiger partial charge in [-0.3, -0.25) is 4.79 Å². The Balaban J connectivity index is 1.44. The Kier molecular flexibility index (Phi) is 8.21. The Bertz CT molecular complexity index is 1230. The van der Waals surface area contributed by atoms with E-state index in [-0.39, 0.29) is 5.91 Å². The van der Waals surface area contributed by atoms with E-state index in [4.69, 9.17) is 9.15 Å². The van der Waals surface area contributed by atoms with Crippen LogP contribution in [0.1, 0.15) is 54.8 Å². The predicted molar refractivity (Wildman–Crippen MR) is 137 cm³/mol. The zero-order valence-corrected chi connectivity index (χ0v) is 20.8. The lowest BCUT2D eigenvalue weighted by atomic mass is 9.92. The van der Waals surface area contributed by atoms with Gasteiger partial charge in [0, 0.05) is 18.5 Å². The van der Waals surface area contributed by atoms with Crippen molar-refractivity contribution in [3.05, 3.63) is 83.3 Å². The standard InChI is InChI=1S/C29H32N2O5/c1-3-4-5-9-12-26(32)31-17-15-21-13-14-23(19-24(21)27(31)29(33)34)35-18-16-25-20(2)36-28(30-25)22-10-7-6-8-11-22/h6-14,19,27H,3-5,15-18H2,1-2H3,(H,33,34). The third kappa shape index (κ3) is 5.85. The fraction of sp³-hybridized carbons (Fsp3) is 0.345. The molecule has 1 N–H and O–H groups in total. The van der Waals surface area contributed by atoms with Crippen molar-refractivity contribution < 1.29 is 23.8 Å². The number of carbonyl (C=O) groups excluding carboxylic acids is 1. The number of benzene rings is 2. The van der Waals surface area contributed by atoms with Gasteiger partial charge in [-0.1, -0.05) is 50.1 Å². The number of aryl methyl sites for hydroxylation is 1. The summed E-state index contributed by atoms with van der Waals surface area (Å²) in [6.07, 6.45) is 7.33. The van der Waals surface area contributed by atoms with E-state index >= 15 is 0 Å². The third-order valence-corrected chi connectivity index (χ3v) is 6.37. The molecule has 1 aromatic heterocycles. The van der Waals surface area contributed by atoms with Crippen LogP contribution in [0.5, 0.6) is 5.75 Å². The highest BCUT2D eigenvalue weighted by Crippen LogP contribution is 2.33. The topological polar surface area (TPSA) is 92.9 Å². The van der Waals surface area contributed by atoms with E-state index in [9.17, 15) is 14.7 Å². The smallest absolute Gasteiger partial charge is 0.331 e. The van der Waals surface area contributed by atoms with Crippen molar-refractivity contribution in [2.45, 2.75) is 52.0 Å². The number of ether oxygens (including phenoxy) is 1. The maximum Gasteiger partial charge on any atom is 0.331 e. The molecule has 1 aliphatic rings. The van der Waals surface area contributed by atoms with Gasteiger partial charge < -0.3 is 19.2 Å². The van der Waals surface area contributed by atoms with Crippen molar-refractivity contribution in [3.8, 4) is 17.2 Å². The van der Waals surface area contributed by atoms with Crippen LogP contribution >= 0.6 is 0 Å². The van der Waals surface area contributed by atoms with Crippen LogP contribution in [0.2, 0.25) is 0 Å². The lowest BCUT2D eigenvalue weighted by Crippen LogP contribution is -2.42. The van der Waals surface area contributed by atoms with Gasteiger partial charge in [-0.15, -0.1) is 0 Å². The maximum absolute atomic E-state index is 12.8. The fourth-order valence-corrected chi connectivity index (χ4v) is 4.42. The van der Waals surface area contributed by atoms with Crippen LogP contribution in [0, 0.1) is 6.92 Å². The molecular weight excluding hydrogens is 456 g/mol. The SMILES string of the molecule is CCCCC=CC(=O)N1CCc2ccc(OCCc3nc(-c4ccccc4)oc3C)cc2C1C(=O)O. The Morgan fingerprint density at radius 3 is 2.78 bits per heavy atom. The first-order valence-electron chi connectivity index (χ1n) is 12.4. The highest BCUT2D eigenvalue weighted by molar-refractivity contribution is 5.92. The summed E-state index contributed by atoms with van der Waals surface area (Å²) in [6.45, 7) is 4.71. The van der Waals surface area contributed by atoms with E-state index < -0.39 is 12.0 Å². The molecule has 3 aromatic rings. The molecule has 7 heteroatoms. The highest BCUT2D eigenvalue weighted by Gasteiger charge is 2.35. The van der Waals surface area contributed by atoms with Crippen LogP contribution in [0.25, 0.3) is 11.5 Å². The summed E-state index contributed by atoms with van der Waals surface area (Å²) >= 11 is 0. The summed E-state index contributed by atoms with van der Waals surface area (Å²) in [4.78, 5) is 31.0. The first kappa shape index (κ1) is 25.2. The molecule has 0 radical (unpaired) electrons. The highest BCUT2D eigenvalue weighted by atomic mass is 16.5.